The Bertz CT molecular complexity index is 1890. The molecule has 0 spiro atoms. The molecule has 10 heteroatoms. The third-order valence-electron chi connectivity index (χ3n) is 7.37. The fourth-order valence-corrected chi connectivity index (χ4v) is 7.35. The number of ether oxygens (including phenoxy) is 1. The Morgan fingerprint density at radius 3 is 1.65 bits per heavy atom. The number of aromatic carboxylic acids is 1. The van der Waals surface area contributed by atoms with E-state index >= 15 is 0 Å². The fraction of sp³-hybridized carbons (Fsp3) is 0.152. The van der Waals surface area contributed by atoms with Gasteiger partial charge in [0.25, 0.3) is 0 Å². The van der Waals surface area contributed by atoms with Crippen molar-refractivity contribution >= 4 is 112 Å². The summed E-state index contributed by atoms with van der Waals surface area (Å²) in [6.07, 6.45) is 1.52. The number of hydrogen-bond acceptors (Lipinski definition) is 5. The van der Waals surface area contributed by atoms with Crippen LogP contribution in [0.25, 0.3) is 0 Å². The van der Waals surface area contributed by atoms with Crippen LogP contribution in [0.3, 0.4) is 0 Å². The molecule has 218 valence electrons. The van der Waals surface area contributed by atoms with Crippen molar-refractivity contribution in [1.29, 1.82) is 0 Å². The number of carboxylic acids is 1. The molecule has 43 heavy (non-hydrogen) atoms. The smallest absolute Gasteiger partial charge is 0.337 e. The number of carbonyl (C=O) groups excluding carboxylic acids is 1. The maximum absolute atomic E-state index is 11.7. The summed E-state index contributed by atoms with van der Waals surface area (Å²) in [5, 5.41) is 9.15. The van der Waals surface area contributed by atoms with Crippen molar-refractivity contribution in [3.63, 3.8) is 0 Å². The number of halogens is 4. The van der Waals surface area contributed by atoms with Crippen LogP contribution in [-0.2, 0) is 17.6 Å². The van der Waals surface area contributed by atoms with Gasteiger partial charge in [-0.2, -0.15) is 0 Å². The van der Waals surface area contributed by atoms with Crippen LogP contribution in [0.4, 0.5) is 11.4 Å². The third-order valence-corrected chi connectivity index (χ3v) is 11.0. The highest BCUT2D eigenvalue weighted by atomic mass is 127. The van der Waals surface area contributed by atoms with Crippen LogP contribution in [-0.4, -0.2) is 35.6 Å². The highest BCUT2D eigenvalue weighted by Gasteiger charge is 2.24. The molecule has 2 aliphatic rings. The molecule has 0 amide bonds. The molecule has 0 atom stereocenters. The van der Waals surface area contributed by atoms with E-state index in [0.717, 1.165) is 74.0 Å². The first-order chi connectivity index (χ1) is 20.5. The van der Waals surface area contributed by atoms with Crippen molar-refractivity contribution in [3.8, 4) is 0 Å². The van der Waals surface area contributed by atoms with Crippen LogP contribution in [0.1, 0.15) is 54.1 Å². The largest absolute Gasteiger partial charge is 0.478 e. The van der Waals surface area contributed by atoms with E-state index in [-0.39, 0.29) is 11.5 Å². The lowest BCUT2D eigenvalue weighted by Gasteiger charge is -2.07. The average Bonchev–Trinajstić information content (AvgIpc) is 3.61. The van der Waals surface area contributed by atoms with Crippen molar-refractivity contribution in [2.75, 3.05) is 7.11 Å². The van der Waals surface area contributed by atoms with Gasteiger partial charge in [0.2, 0.25) is 0 Å². The summed E-state index contributed by atoms with van der Waals surface area (Å²) in [6.45, 7) is 4.13. The van der Waals surface area contributed by atoms with Gasteiger partial charge in [0.1, 0.15) is 0 Å². The summed E-state index contributed by atoms with van der Waals surface area (Å²) < 4.78 is 8.93. The lowest BCUT2D eigenvalue weighted by Crippen LogP contribution is -2.05. The monoisotopic (exact) mass is 924 g/mol. The van der Waals surface area contributed by atoms with Gasteiger partial charge in [0.15, 0.2) is 0 Å². The van der Waals surface area contributed by atoms with Crippen molar-refractivity contribution in [1.82, 2.24) is 0 Å². The summed E-state index contributed by atoms with van der Waals surface area (Å²) in [5.74, 6) is -1.25. The quantitative estimate of drug-likeness (QED) is 0.163. The first-order valence-corrected chi connectivity index (χ1v) is 16.8. The van der Waals surface area contributed by atoms with E-state index < -0.39 is 5.97 Å². The molecule has 0 saturated carbocycles. The molecule has 0 aromatic heterocycles. The van der Waals surface area contributed by atoms with Gasteiger partial charge in [-0.3, -0.25) is 9.98 Å². The minimum atomic E-state index is -0.919. The first-order valence-electron chi connectivity index (χ1n) is 13.1. The third kappa shape index (κ3) is 6.66. The second-order valence-corrected chi connectivity index (χ2v) is 14.0. The topological polar surface area (TPSA) is 88.3 Å². The van der Waals surface area contributed by atoms with Gasteiger partial charge in [-0.15, -0.1) is 0 Å². The molecule has 0 aliphatic carbocycles. The Kier molecular flexibility index (Phi) is 9.89. The molecule has 0 radical (unpaired) electrons. The van der Waals surface area contributed by atoms with E-state index in [1.807, 2.05) is 36.4 Å². The first kappa shape index (κ1) is 32.0. The maximum Gasteiger partial charge on any atom is 0.337 e. The van der Waals surface area contributed by atoms with E-state index in [4.69, 9.17) is 14.8 Å². The zero-order chi connectivity index (χ0) is 31.0. The van der Waals surface area contributed by atoms with Gasteiger partial charge < -0.3 is 9.84 Å². The summed E-state index contributed by atoms with van der Waals surface area (Å²) in [7, 11) is 1.39. The highest BCUT2D eigenvalue weighted by molar-refractivity contribution is 14.1. The van der Waals surface area contributed by atoms with Crippen molar-refractivity contribution < 1.29 is 19.4 Å². The molecule has 0 fully saturated rings. The number of aliphatic imine (C=N–C) groups is 2. The molecular weight excluding hydrogens is 902 g/mol. The lowest BCUT2D eigenvalue weighted by molar-refractivity contribution is 0.0599. The van der Waals surface area contributed by atoms with Crippen LogP contribution in [0, 0.1) is 21.0 Å². The molecule has 0 saturated heterocycles. The molecule has 2 aliphatic heterocycles. The summed E-state index contributed by atoms with van der Waals surface area (Å²) in [6, 6.07) is 19.2. The molecular formula is C33H24Br2I2N2O4. The Hall–Kier alpha value is -2.42. The predicted molar refractivity (Wildman–Crippen MR) is 194 cm³/mol. The number of nitrogens with zero attached hydrogens (tertiary/aromatic N) is 2. The molecule has 2 heterocycles. The van der Waals surface area contributed by atoms with Crippen molar-refractivity contribution in [2.24, 2.45) is 9.98 Å². The van der Waals surface area contributed by atoms with Gasteiger partial charge in [0, 0.05) is 40.1 Å². The van der Waals surface area contributed by atoms with Gasteiger partial charge in [-0.05, 0) is 118 Å². The normalized spacial score (nSPS) is 12.9. The number of carbonyl (C=O) groups is 2. The number of rotatable bonds is 4. The Balaban J connectivity index is 0.000000171. The second kappa shape index (κ2) is 13.3. The van der Waals surface area contributed by atoms with Gasteiger partial charge >= 0.3 is 11.9 Å². The lowest BCUT2D eigenvalue weighted by atomic mass is 10.00. The van der Waals surface area contributed by atoms with E-state index in [1.165, 1.54) is 18.2 Å². The minimum absolute atomic E-state index is 0.286. The summed E-state index contributed by atoms with van der Waals surface area (Å²) in [4.78, 5) is 32.3. The zero-order valence-electron chi connectivity index (χ0n) is 23.3. The van der Waals surface area contributed by atoms with Gasteiger partial charge in [-0.1, -0.05) is 56.1 Å². The number of methoxy groups -OCH3 is 1. The molecule has 4 aromatic rings. The summed E-state index contributed by atoms with van der Waals surface area (Å²) in [5.41, 5.74) is 11.3. The van der Waals surface area contributed by atoms with E-state index in [1.54, 1.807) is 12.1 Å². The average molecular weight is 926 g/mol. The summed E-state index contributed by atoms with van der Waals surface area (Å²) >= 11 is 11.5. The predicted octanol–water partition coefficient (Wildman–Crippen LogP) is 9.56. The van der Waals surface area contributed by atoms with Crippen LogP contribution in [0.2, 0.25) is 0 Å². The van der Waals surface area contributed by atoms with Crippen LogP contribution in [0.15, 0.2) is 79.6 Å². The Morgan fingerprint density at radius 2 is 1.21 bits per heavy atom. The van der Waals surface area contributed by atoms with Crippen LogP contribution < -0.4 is 0 Å². The Labute approximate surface area is 293 Å². The van der Waals surface area contributed by atoms with Gasteiger partial charge in [0.05, 0.1) is 41.0 Å². The van der Waals surface area contributed by atoms with Crippen LogP contribution >= 0.6 is 77.0 Å². The number of fused-ring (bicyclic) bond motifs is 2. The highest BCUT2D eigenvalue weighted by Crippen LogP contribution is 2.36. The van der Waals surface area contributed by atoms with Gasteiger partial charge in [-0.25, -0.2) is 9.59 Å². The molecule has 1 N–H and O–H groups in total. The van der Waals surface area contributed by atoms with Crippen molar-refractivity contribution in [3.05, 3.63) is 121 Å². The number of hydrogen-bond donors (Lipinski definition) is 1. The second-order valence-electron chi connectivity index (χ2n) is 10.0. The van der Waals surface area contributed by atoms with E-state index in [9.17, 15) is 9.59 Å². The molecule has 0 unspecified atom stereocenters. The van der Waals surface area contributed by atoms with E-state index in [2.05, 4.69) is 108 Å². The molecule has 4 aromatic carbocycles. The number of carboxylic acid groups (broad SMARTS) is 1. The molecule has 6 nitrogen and oxygen atoms in total. The maximum atomic E-state index is 11.7. The van der Waals surface area contributed by atoms with Crippen molar-refractivity contribution in [2.45, 2.75) is 26.7 Å². The zero-order valence-corrected chi connectivity index (χ0v) is 30.8. The number of esters is 1. The standard InChI is InChI=1S/C17H13BrINO2.C16H11BrINO2/c1-9-11(4-3-5-13(9)18)16-8-12-14(19)6-10(17(21)22-2)7-15(12)20-16;1-8-10(3-2-4-12(8)17)15-7-11-13(18)5-9(16(20)21)6-14(11)19-15/h3-7H,8H2,1-2H3;2-6H,7H2,1H3,(H,20,21). The van der Waals surface area contributed by atoms with E-state index in [0.29, 0.717) is 5.56 Å². The molecule has 0 bridgehead atoms. The SMILES string of the molecule is COC(=O)c1cc(I)c2c(c1)N=C(c1cccc(Br)c1C)C2.Cc1c(Br)cccc1C1=Nc2cc(C(=O)O)cc(I)c2C1. The van der Waals surface area contributed by atoms with Crippen LogP contribution in [0.5, 0.6) is 0 Å². The molecule has 6 rings (SSSR count). The number of benzene rings is 4. The Morgan fingerprint density at radius 1 is 0.767 bits per heavy atom. The fourth-order valence-electron chi connectivity index (χ4n) is 5.01. The minimum Gasteiger partial charge on any atom is -0.478 e.